The van der Waals surface area contributed by atoms with E-state index in [0.717, 1.165) is 18.4 Å². The topological polar surface area (TPSA) is 84.3 Å². The Bertz CT molecular complexity index is 1220. The normalized spacial score (nSPS) is 13.5. The van der Waals surface area contributed by atoms with Gasteiger partial charge in [-0.05, 0) is 49.6 Å². The summed E-state index contributed by atoms with van der Waals surface area (Å²) in [6, 6.07) is 10.3. The van der Waals surface area contributed by atoms with Gasteiger partial charge in [0.25, 0.3) is 11.5 Å². The monoisotopic (exact) mass is 438 g/mol. The Morgan fingerprint density at radius 3 is 2.71 bits per heavy atom. The van der Waals surface area contributed by atoms with Gasteiger partial charge in [-0.25, -0.2) is 4.98 Å². The molecule has 0 unspecified atom stereocenters. The molecule has 4 rings (SSSR count). The molecule has 160 valence electrons. The number of aromatic nitrogens is 2. The predicted molar refractivity (Wildman–Crippen MR) is 121 cm³/mol. The van der Waals surface area contributed by atoms with E-state index in [1.807, 2.05) is 19.1 Å². The van der Waals surface area contributed by atoms with Gasteiger partial charge in [-0.1, -0.05) is 23.7 Å². The van der Waals surface area contributed by atoms with Crippen molar-refractivity contribution in [3.05, 3.63) is 69.2 Å². The van der Waals surface area contributed by atoms with Crippen LogP contribution in [0.3, 0.4) is 0 Å². The third-order valence-corrected chi connectivity index (χ3v) is 5.75. The summed E-state index contributed by atoms with van der Waals surface area (Å²) >= 11 is 6.10. The van der Waals surface area contributed by atoms with Crippen LogP contribution in [0.1, 0.15) is 35.2 Å². The van der Waals surface area contributed by atoms with E-state index >= 15 is 0 Å². The predicted octanol–water partition coefficient (Wildman–Crippen LogP) is 3.62. The first kappa shape index (κ1) is 21.1. The van der Waals surface area contributed by atoms with Crippen LogP contribution in [-0.2, 0) is 11.3 Å². The molecule has 1 saturated heterocycles. The summed E-state index contributed by atoms with van der Waals surface area (Å²) < 4.78 is 1.43. The maximum atomic E-state index is 12.8. The highest BCUT2D eigenvalue weighted by Crippen LogP contribution is 2.24. The van der Waals surface area contributed by atoms with Crippen LogP contribution in [0.25, 0.3) is 10.9 Å². The molecule has 31 heavy (non-hydrogen) atoms. The number of rotatable bonds is 5. The van der Waals surface area contributed by atoms with Gasteiger partial charge in [0.15, 0.2) is 0 Å². The number of halogens is 1. The summed E-state index contributed by atoms with van der Waals surface area (Å²) in [6.07, 6.45) is 3.49. The lowest BCUT2D eigenvalue weighted by Crippen LogP contribution is -2.29. The summed E-state index contributed by atoms with van der Waals surface area (Å²) in [6.45, 7) is 3.51. The molecule has 0 bridgehead atoms. The highest BCUT2D eigenvalue weighted by Gasteiger charge is 2.22. The third kappa shape index (κ3) is 4.46. The molecule has 1 aliphatic heterocycles. The Labute approximate surface area is 184 Å². The molecule has 0 radical (unpaired) electrons. The number of fused-ring (bicyclic) bond motifs is 1. The minimum absolute atomic E-state index is 0.0583. The Balaban J connectivity index is 1.49. The van der Waals surface area contributed by atoms with Crippen LogP contribution in [0.4, 0.5) is 5.69 Å². The van der Waals surface area contributed by atoms with Gasteiger partial charge >= 0.3 is 0 Å². The molecule has 8 heteroatoms. The molecule has 7 nitrogen and oxygen atoms in total. The Kier molecular flexibility index (Phi) is 6.04. The highest BCUT2D eigenvalue weighted by molar-refractivity contribution is 6.31. The summed E-state index contributed by atoms with van der Waals surface area (Å²) in [5, 5.41) is 3.74. The fraction of sp³-hybridized carbons (Fsp3) is 0.304. The third-order valence-electron chi connectivity index (χ3n) is 5.51. The number of aryl methyl sites for hydroxylation is 2. The van der Waals surface area contributed by atoms with Gasteiger partial charge in [0.05, 0.1) is 28.5 Å². The van der Waals surface area contributed by atoms with Crippen LogP contribution in [-0.4, -0.2) is 39.4 Å². The number of likely N-dealkylation sites (tertiary alicyclic amines) is 1. The lowest BCUT2D eigenvalue weighted by molar-refractivity contribution is -0.116. The van der Waals surface area contributed by atoms with Crippen LogP contribution < -0.4 is 10.9 Å². The van der Waals surface area contributed by atoms with Crippen molar-refractivity contribution < 1.29 is 9.59 Å². The summed E-state index contributed by atoms with van der Waals surface area (Å²) in [7, 11) is 0. The van der Waals surface area contributed by atoms with Crippen molar-refractivity contribution >= 4 is 40.0 Å². The van der Waals surface area contributed by atoms with Gasteiger partial charge in [0, 0.05) is 31.1 Å². The Hall–Kier alpha value is -3.19. The highest BCUT2D eigenvalue weighted by atomic mass is 35.5. The van der Waals surface area contributed by atoms with E-state index in [-0.39, 0.29) is 30.3 Å². The largest absolute Gasteiger partial charge is 0.339 e. The summed E-state index contributed by atoms with van der Waals surface area (Å²) in [4.78, 5) is 44.3. The number of anilines is 1. The Morgan fingerprint density at radius 1 is 1.16 bits per heavy atom. The average Bonchev–Trinajstić information content (AvgIpc) is 3.28. The molecule has 0 saturated carbocycles. The number of amides is 2. The van der Waals surface area contributed by atoms with Crippen LogP contribution in [0.2, 0.25) is 5.02 Å². The summed E-state index contributed by atoms with van der Waals surface area (Å²) in [5.74, 6) is -0.427. The van der Waals surface area contributed by atoms with Gasteiger partial charge in [0.2, 0.25) is 5.91 Å². The quantitative estimate of drug-likeness (QED) is 0.659. The molecule has 0 aliphatic carbocycles. The van der Waals surface area contributed by atoms with E-state index in [4.69, 9.17) is 11.6 Å². The van der Waals surface area contributed by atoms with Crippen molar-refractivity contribution in [3.8, 4) is 0 Å². The minimum atomic E-state index is -0.311. The molecule has 1 aromatic heterocycles. The van der Waals surface area contributed by atoms with E-state index < -0.39 is 0 Å². The van der Waals surface area contributed by atoms with Gasteiger partial charge in [-0.2, -0.15) is 0 Å². The van der Waals surface area contributed by atoms with E-state index in [9.17, 15) is 14.4 Å². The molecule has 1 aliphatic rings. The molecule has 1 N–H and O–H groups in total. The average molecular weight is 439 g/mol. The van der Waals surface area contributed by atoms with Crippen LogP contribution in [0, 0.1) is 6.92 Å². The maximum absolute atomic E-state index is 12.8. The molecule has 2 heterocycles. The smallest absolute Gasteiger partial charge is 0.261 e. The number of benzene rings is 2. The number of nitrogens with one attached hydrogen (secondary N) is 1. The first-order valence-corrected chi connectivity index (χ1v) is 10.7. The van der Waals surface area contributed by atoms with Gasteiger partial charge in [0.1, 0.15) is 0 Å². The molecule has 0 spiro atoms. The second-order valence-corrected chi connectivity index (χ2v) is 8.14. The number of para-hydroxylation sites is 1. The van der Waals surface area contributed by atoms with Crippen molar-refractivity contribution in [2.24, 2.45) is 0 Å². The molecular weight excluding hydrogens is 416 g/mol. The van der Waals surface area contributed by atoms with Gasteiger partial charge < -0.3 is 10.2 Å². The van der Waals surface area contributed by atoms with Crippen molar-refractivity contribution in [1.82, 2.24) is 14.5 Å². The minimum Gasteiger partial charge on any atom is -0.339 e. The number of carbonyl (C=O) groups excluding carboxylic acids is 2. The molecule has 3 aromatic rings. The zero-order chi connectivity index (χ0) is 22.0. The number of hydrogen-bond donors (Lipinski definition) is 1. The van der Waals surface area contributed by atoms with E-state index in [0.29, 0.717) is 40.3 Å². The Morgan fingerprint density at radius 2 is 1.94 bits per heavy atom. The maximum Gasteiger partial charge on any atom is 0.261 e. The van der Waals surface area contributed by atoms with Crippen molar-refractivity contribution in [2.75, 3.05) is 18.4 Å². The van der Waals surface area contributed by atoms with E-state index in [2.05, 4.69) is 10.3 Å². The molecule has 0 atom stereocenters. The lowest BCUT2D eigenvalue weighted by Gasteiger charge is -2.18. The lowest BCUT2D eigenvalue weighted by atomic mass is 10.1. The van der Waals surface area contributed by atoms with Crippen LogP contribution in [0.15, 0.2) is 47.5 Å². The number of nitrogens with zero attached hydrogens (tertiary/aromatic N) is 3. The number of hydrogen-bond acceptors (Lipinski definition) is 4. The standard InChI is InChI=1S/C23H23ClN4O3/c1-15-5-4-6-18-21(15)25-14-28(23(18)31)12-9-20(29)26-19-13-16(24)7-8-17(19)22(30)27-10-2-3-11-27/h4-8,13-14H,2-3,9-12H2,1H3,(H,26,29). The first-order chi connectivity index (χ1) is 14.9. The van der Waals surface area contributed by atoms with Gasteiger partial charge in [-0.15, -0.1) is 0 Å². The fourth-order valence-electron chi connectivity index (χ4n) is 3.83. The zero-order valence-corrected chi connectivity index (χ0v) is 18.0. The van der Waals surface area contributed by atoms with Crippen LogP contribution in [0.5, 0.6) is 0 Å². The van der Waals surface area contributed by atoms with Gasteiger partial charge in [-0.3, -0.25) is 19.0 Å². The molecule has 1 fully saturated rings. The SMILES string of the molecule is Cc1cccc2c(=O)n(CCC(=O)Nc3cc(Cl)ccc3C(=O)N3CCCC3)cnc12. The van der Waals surface area contributed by atoms with Crippen LogP contribution >= 0.6 is 11.6 Å². The van der Waals surface area contributed by atoms with Crippen molar-refractivity contribution in [2.45, 2.75) is 32.7 Å². The van der Waals surface area contributed by atoms with E-state index in [1.165, 1.54) is 10.9 Å². The first-order valence-electron chi connectivity index (χ1n) is 10.3. The van der Waals surface area contributed by atoms with Crippen molar-refractivity contribution in [1.29, 1.82) is 0 Å². The molecular formula is C23H23ClN4O3. The second-order valence-electron chi connectivity index (χ2n) is 7.70. The fourth-order valence-corrected chi connectivity index (χ4v) is 4.00. The zero-order valence-electron chi connectivity index (χ0n) is 17.2. The number of carbonyl (C=O) groups is 2. The van der Waals surface area contributed by atoms with Crippen molar-refractivity contribution in [3.63, 3.8) is 0 Å². The molecule has 2 aromatic carbocycles. The second kappa shape index (κ2) is 8.89. The molecule has 2 amide bonds. The van der Waals surface area contributed by atoms with E-state index in [1.54, 1.807) is 29.2 Å². The summed E-state index contributed by atoms with van der Waals surface area (Å²) in [5.41, 5.74) is 2.20.